The van der Waals surface area contributed by atoms with Crippen LogP contribution in [0.2, 0.25) is 0 Å². The molecular formula is C15H22N2O2. The van der Waals surface area contributed by atoms with E-state index in [0.29, 0.717) is 12.1 Å². The number of amides is 1. The van der Waals surface area contributed by atoms with Crippen molar-refractivity contribution in [3.63, 3.8) is 0 Å². The third-order valence-electron chi connectivity index (χ3n) is 3.90. The quantitative estimate of drug-likeness (QED) is 0.866. The number of hydrogen-bond acceptors (Lipinski definition) is 3. The predicted molar refractivity (Wildman–Crippen MR) is 74.4 cm³/mol. The van der Waals surface area contributed by atoms with Gasteiger partial charge in [0.1, 0.15) is 0 Å². The van der Waals surface area contributed by atoms with Gasteiger partial charge in [-0.2, -0.15) is 0 Å². The fraction of sp³-hybridized carbons (Fsp3) is 0.533. The maximum Gasteiger partial charge on any atom is 0.256 e. The second-order valence-electron chi connectivity index (χ2n) is 5.23. The van der Waals surface area contributed by atoms with Crippen LogP contribution in [-0.4, -0.2) is 34.5 Å². The van der Waals surface area contributed by atoms with Crippen molar-refractivity contribution in [3.8, 4) is 0 Å². The van der Waals surface area contributed by atoms with Crippen molar-refractivity contribution in [3.05, 3.63) is 35.9 Å². The van der Waals surface area contributed by atoms with Gasteiger partial charge >= 0.3 is 0 Å². The highest BCUT2D eigenvalue weighted by molar-refractivity contribution is 5.82. The third kappa shape index (κ3) is 2.96. The molecule has 0 aliphatic carbocycles. The van der Waals surface area contributed by atoms with Gasteiger partial charge in [-0.15, -0.1) is 0 Å². The van der Waals surface area contributed by atoms with Crippen molar-refractivity contribution in [1.29, 1.82) is 0 Å². The summed E-state index contributed by atoms with van der Waals surface area (Å²) in [5.41, 5.74) is 6.40. The number of carbonyl (C=O) groups excluding carboxylic acids is 1. The van der Waals surface area contributed by atoms with Gasteiger partial charge in [0.2, 0.25) is 0 Å². The Labute approximate surface area is 114 Å². The monoisotopic (exact) mass is 262 g/mol. The molecule has 1 aromatic carbocycles. The van der Waals surface area contributed by atoms with Gasteiger partial charge < -0.3 is 15.7 Å². The van der Waals surface area contributed by atoms with Gasteiger partial charge in [-0.3, -0.25) is 4.79 Å². The lowest BCUT2D eigenvalue weighted by Crippen LogP contribution is -2.53. The second kappa shape index (κ2) is 6.17. The zero-order chi connectivity index (χ0) is 13.8. The minimum atomic E-state index is -1.09. The van der Waals surface area contributed by atoms with E-state index in [1.807, 2.05) is 25.1 Å². The molecule has 4 heteroatoms. The maximum absolute atomic E-state index is 12.5. The number of rotatable bonds is 3. The van der Waals surface area contributed by atoms with Crippen LogP contribution in [0.25, 0.3) is 0 Å². The lowest BCUT2D eigenvalue weighted by molar-refractivity contribution is -0.147. The SMILES string of the molecule is CC1CCCC(CN)N1C(=O)C(O)c1ccccc1. The van der Waals surface area contributed by atoms with Gasteiger partial charge in [0.05, 0.1) is 0 Å². The molecule has 2 rings (SSSR count). The van der Waals surface area contributed by atoms with Crippen molar-refractivity contribution < 1.29 is 9.90 Å². The van der Waals surface area contributed by atoms with E-state index < -0.39 is 6.10 Å². The molecule has 4 nitrogen and oxygen atoms in total. The molecule has 3 N–H and O–H groups in total. The van der Waals surface area contributed by atoms with E-state index in [4.69, 9.17) is 5.73 Å². The van der Waals surface area contributed by atoms with Crippen LogP contribution in [-0.2, 0) is 4.79 Å². The van der Waals surface area contributed by atoms with E-state index >= 15 is 0 Å². The highest BCUT2D eigenvalue weighted by Crippen LogP contribution is 2.26. The molecule has 3 atom stereocenters. The summed E-state index contributed by atoms with van der Waals surface area (Å²) >= 11 is 0. The van der Waals surface area contributed by atoms with Gasteiger partial charge in [0.15, 0.2) is 6.10 Å². The highest BCUT2D eigenvalue weighted by atomic mass is 16.3. The molecule has 0 spiro atoms. The summed E-state index contributed by atoms with van der Waals surface area (Å²) in [7, 11) is 0. The Balaban J connectivity index is 2.17. The fourth-order valence-corrected chi connectivity index (χ4v) is 2.83. The molecule has 0 radical (unpaired) electrons. The number of hydrogen-bond donors (Lipinski definition) is 2. The Morgan fingerprint density at radius 3 is 2.74 bits per heavy atom. The van der Waals surface area contributed by atoms with Gasteiger partial charge in [-0.05, 0) is 31.7 Å². The van der Waals surface area contributed by atoms with E-state index in [-0.39, 0.29) is 18.0 Å². The number of likely N-dealkylation sites (tertiary alicyclic amines) is 1. The zero-order valence-electron chi connectivity index (χ0n) is 11.3. The lowest BCUT2D eigenvalue weighted by Gasteiger charge is -2.41. The molecule has 1 fully saturated rings. The average molecular weight is 262 g/mol. The summed E-state index contributed by atoms with van der Waals surface area (Å²) in [5, 5.41) is 10.2. The van der Waals surface area contributed by atoms with Crippen LogP contribution in [0.5, 0.6) is 0 Å². The smallest absolute Gasteiger partial charge is 0.256 e. The second-order valence-corrected chi connectivity index (χ2v) is 5.23. The molecule has 3 unspecified atom stereocenters. The molecule has 0 saturated carbocycles. The lowest BCUT2D eigenvalue weighted by atomic mass is 9.95. The number of carbonyl (C=O) groups is 1. The fourth-order valence-electron chi connectivity index (χ4n) is 2.83. The molecule has 1 aliphatic rings. The minimum Gasteiger partial charge on any atom is -0.378 e. The predicted octanol–water partition coefficient (Wildman–Crippen LogP) is 1.45. The number of nitrogens with zero attached hydrogens (tertiary/aromatic N) is 1. The zero-order valence-corrected chi connectivity index (χ0v) is 11.3. The Hall–Kier alpha value is -1.39. The molecule has 104 valence electrons. The molecule has 1 saturated heterocycles. The van der Waals surface area contributed by atoms with E-state index in [1.54, 1.807) is 17.0 Å². The molecular weight excluding hydrogens is 240 g/mol. The van der Waals surface area contributed by atoms with Crippen LogP contribution in [0.15, 0.2) is 30.3 Å². The van der Waals surface area contributed by atoms with Gasteiger partial charge in [-0.25, -0.2) is 0 Å². The topological polar surface area (TPSA) is 66.6 Å². The van der Waals surface area contributed by atoms with E-state index in [0.717, 1.165) is 19.3 Å². The van der Waals surface area contributed by atoms with Crippen LogP contribution in [0.4, 0.5) is 0 Å². The summed E-state index contributed by atoms with van der Waals surface area (Å²) in [6, 6.07) is 9.26. The molecule has 1 amide bonds. The van der Waals surface area contributed by atoms with Crippen LogP contribution >= 0.6 is 0 Å². The largest absolute Gasteiger partial charge is 0.378 e. The third-order valence-corrected chi connectivity index (χ3v) is 3.90. The van der Waals surface area contributed by atoms with Crippen LogP contribution < -0.4 is 5.73 Å². The standard InChI is InChI=1S/C15H22N2O2/c1-11-6-5-9-13(10-16)17(11)15(19)14(18)12-7-3-2-4-8-12/h2-4,7-8,11,13-14,18H,5-6,9-10,16H2,1H3. The number of benzene rings is 1. The summed E-state index contributed by atoms with van der Waals surface area (Å²) < 4.78 is 0. The van der Waals surface area contributed by atoms with Gasteiger partial charge in [-0.1, -0.05) is 30.3 Å². The van der Waals surface area contributed by atoms with Crippen molar-refractivity contribution in [2.24, 2.45) is 5.73 Å². The average Bonchev–Trinajstić information content (AvgIpc) is 2.46. The van der Waals surface area contributed by atoms with Crippen molar-refractivity contribution in [2.75, 3.05) is 6.54 Å². The minimum absolute atomic E-state index is 0.0506. The van der Waals surface area contributed by atoms with Crippen molar-refractivity contribution in [2.45, 2.75) is 44.4 Å². The first-order chi connectivity index (χ1) is 9.15. The van der Waals surface area contributed by atoms with Crippen LogP contribution in [0.3, 0.4) is 0 Å². The molecule has 1 aliphatic heterocycles. The van der Waals surface area contributed by atoms with Crippen LogP contribution in [0.1, 0.15) is 37.9 Å². The van der Waals surface area contributed by atoms with Gasteiger partial charge in [0.25, 0.3) is 5.91 Å². The van der Waals surface area contributed by atoms with E-state index in [1.165, 1.54) is 0 Å². The van der Waals surface area contributed by atoms with Crippen molar-refractivity contribution in [1.82, 2.24) is 4.90 Å². The van der Waals surface area contributed by atoms with Crippen LogP contribution in [0, 0.1) is 0 Å². The Morgan fingerprint density at radius 2 is 2.11 bits per heavy atom. The normalized spacial score (nSPS) is 25.1. The molecule has 0 aromatic heterocycles. The summed E-state index contributed by atoms with van der Waals surface area (Å²) in [4.78, 5) is 14.3. The highest BCUT2D eigenvalue weighted by Gasteiger charge is 2.34. The summed E-state index contributed by atoms with van der Waals surface area (Å²) in [6.07, 6.45) is 1.90. The number of nitrogens with two attached hydrogens (primary N) is 1. The molecule has 1 aromatic rings. The van der Waals surface area contributed by atoms with Crippen molar-refractivity contribution >= 4 is 5.91 Å². The first kappa shape index (κ1) is 14.0. The summed E-state index contributed by atoms with van der Waals surface area (Å²) in [6.45, 7) is 2.48. The van der Waals surface area contributed by atoms with E-state index in [2.05, 4.69) is 0 Å². The van der Waals surface area contributed by atoms with Gasteiger partial charge in [0, 0.05) is 18.6 Å². The molecule has 19 heavy (non-hydrogen) atoms. The number of piperidine rings is 1. The first-order valence-corrected chi connectivity index (χ1v) is 6.90. The molecule has 0 bridgehead atoms. The Morgan fingerprint density at radius 1 is 1.42 bits per heavy atom. The number of aliphatic hydroxyl groups is 1. The summed E-state index contributed by atoms with van der Waals surface area (Å²) in [5.74, 6) is -0.228. The van der Waals surface area contributed by atoms with E-state index in [9.17, 15) is 9.90 Å². The maximum atomic E-state index is 12.5. The Bertz CT molecular complexity index is 421. The number of aliphatic hydroxyl groups excluding tert-OH is 1. The first-order valence-electron chi connectivity index (χ1n) is 6.90. The Kier molecular flexibility index (Phi) is 4.56. The molecule has 1 heterocycles.